The topological polar surface area (TPSA) is 40.5 Å². The SMILES string of the molecule is CC1CCN(c2ccc(O)cc2)C1=O. The van der Waals surface area contributed by atoms with Gasteiger partial charge in [0.15, 0.2) is 0 Å². The van der Waals surface area contributed by atoms with Gasteiger partial charge in [0.25, 0.3) is 0 Å². The second-order valence-electron chi connectivity index (χ2n) is 3.70. The lowest BCUT2D eigenvalue weighted by molar-refractivity contribution is -0.119. The minimum Gasteiger partial charge on any atom is -0.508 e. The number of anilines is 1. The van der Waals surface area contributed by atoms with Gasteiger partial charge < -0.3 is 10.0 Å². The summed E-state index contributed by atoms with van der Waals surface area (Å²) in [7, 11) is 0. The molecule has 0 aromatic heterocycles. The molecule has 1 heterocycles. The summed E-state index contributed by atoms with van der Waals surface area (Å²) in [6.07, 6.45) is 0.916. The first-order valence-electron chi connectivity index (χ1n) is 4.79. The Balaban J connectivity index is 2.24. The highest BCUT2D eigenvalue weighted by molar-refractivity contribution is 5.96. The van der Waals surface area contributed by atoms with Crippen LogP contribution in [0.1, 0.15) is 13.3 Å². The predicted octanol–water partition coefficient (Wildman–Crippen LogP) is 1.76. The molecule has 0 aliphatic carbocycles. The summed E-state index contributed by atoms with van der Waals surface area (Å²) in [5.74, 6) is 0.535. The summed E-state index contributed by atoms with van der Waals surface area (Å²) in [5.41, 5.74) is 0.872. The number of carbonyl (C=O) groups excluding carboxylic acids is 1. The maximum absolute atomic E-state index is 11.7. The van der Waals surface area contributed by atoms with Gasteiger partial charge in [-0.3, -0.25) is 4.79 Å². The Morgan fingerprint density at radius 3 is 2.50 bits per heavy atom. The zero-order valence-electron chi connectivity index (χ0n) is 8.10. The molecule has 1 atom stereocenters. The highest BCUT2D eigenvalue weighted by Crippen LogP contribution is 2.25. The lowest BCUT2D eigenvalue weighted by atomic mass is 10.1. The number of carbonyl (C=O) groups is 1. The third-order valence-electron chi connectivity index (χ3n) is 2.63. The van der Waals surface area contributed by atoms with Gasteiger partial charge in [0.05, 0.1) is 0 Å². The van der Waals surface area contributed by atoms with E-state index in [2.05, 4.69) is 0 Å². The van der Waals surface area contributed by atoms with Gasteiger partial charge in [-0.1, -0.05) is 6.92 Å². The molecular formula is C11H13NO2. The van der Waals surface area contributed by atoms with Crippen molar-refractivity contribution in [3.05, 3.63) is 24.3 Å². The molecule has 1 N–H and O–H groups in total. The Kier molecular flexibility index (Phi) is 2.15. The van der Waals surface area contributed by atoms with Crippen LogP contribution in [0.25, 0.3) is 0 Å². The number of rotatable bonds is 1. The van der Waals surface area contributed by atoms with E-state index in [-0.39, 0.29) is 17.6 Å². The highest BCUT2D eigenvalue weighted by Gasteiger charge is 2.28. The van der Waals surface area contributed by atoms with E-state index in [0.29, 0.717) is 0 Å². The number of phenols is 1. The summed E-state index contributed by atoms with van der Waals surface area (Å²) < 4.78 is 0. The molecule has 1 aromatic rings. The second-order valence-corrected chi connectivity index (χ2v) is 3.70. The van der Waals surface area contributed by atoms with Gasteiger partial charge in [-0.25, -0.2) is 0 Å². The number of benzene rings is 1. The molecule has 0 saturated carbocycles. The number of hydrogen-bond acceptors (Lipinski definition) is 2. The lowest BCUT2D eigenvalue weighted by Gasteiger charge is -2.15. The first-order valence-corrected chi connectivity index (χ1v) is 4.79. The average Bonchev–Trinajstić information content (AvgIpc) is 2.50. The molecule has 1 aromatic carbocycles. The van der Waals surface area contributed by atoms with E-state index < -0.39 is 0 Å². The zero-order chi connectivity index (χ0) is 10.1. The third kappa shape index (κ3) is 1.45. The van der Waals surface area contributed by atoms with E-state index in [1.807, 2.05) is 6.92 Å². The third-order valence-corrected chi connectivity index (χ3v) is 2.63. The van der Waals surface area contributed by atoms with Crippen molar-refractivity contribution in [2.75, 3.05) is 11.4 Å². The summed E-state index contributed by atoms with van der Waals surface area (Å²) >= 11 is 0. The van der Waals surface area contributed by atoms with Crippen LogP contribution in [0.2, 0.25) is 0 Å². The largest absolute Gasteiger partial charge is 0.508 e. The Morgan fingerprint density at radius 2 is 2.00 bits per heavy atom. The van der Waals surface area contributed by atoms with Crippen molar-refractivity contribution in [3.63, 3.8) is 0 Å². The molecule has 14 heavy (non-hydrogen) atoms. The summed E-state index contributed by atoms with van der Waals surface area (Å²) in [6, 6.07) is 6.74. The molecule has 3 nitrogen and oxygen atoms in total. The number of aromatic hydroxyl groups is 1. The highest BCUT2D eigenvalue weighted by atomic mass is 16.3. The lowest BCUT2D eigenvalue weighted by Crippen LogP contribution is -2.25. The Hall–Kier alpha value is -1.51. The van der Waals surface area contributed by atoms with E-state index in [1.54, 1.807) is 29.2 Å². The van der Waals surface area contributed by atoms with Gasteiger partial charge in [0, 0.05) is 18.2 Å². The Bertz CT molecular complexity index is 345. The van der Waals surface area contributed by atoms with E-state index in [1.165, 1.54) is 0 Å². The van der Waals surface area contributed by atoms with Crippen LogP contribution in [0.4, 0.5) is 5.69 Å². The first-order chi connectivity index (χ1) is 6.68. The number of nitrogens with zero attached hydrogens (tertiary/aromatic N) is 1. The molecule has 2 rings (SSSR count). The van der Waals surface area contributed by atoms with Crippen LogP contribution in [0.15, 0.2) is 24.3 Å². The smallest absolute Gasteiger partial charge is 0.229 e. The van der Waals surface area contributed by atoms with E-state index in [4.69, 9.17) is 5.11 Å². The van der Waals surface area contributed by atoms with Crippen molar-refractivity contribution in [3.8, 4) is 5.75 Å². The first kappa shape index (κ1) is 9.06. The number of amides is 1. The van der Waals surface area contributed by atoms with Crippen LogP contribution in [-0.4, -0.2) is 17.6 Å². The van der Waals surface area contributed by atoms with Crippen LogP contribution in [0.3, 0.4) is 0 Å². The van der Waals surface area contributed by atoms with Gasteiger partial charge in [0.1, 0.15) is 5.75 Å². The molecule has 1 fully saturated rings. The fourth-order valence-corrected chi connectivity index (χ4v) is 1.71. The van der Waals surface area contributed by atoms with Crippen molar-refractivity contribution in [2.24, 2.45) is 5.92 Å². The molecular weight excluding hydrogens is 178 g/mol. The van der Waals surface area contributed by atoms with E-state index in [9.17, 15) is 4.79 Å². The van der Waals surface area contributed by atoms with Crippen molar-refractivity contribution in [1.29, 1.82) is 0 Å². The quantitative estimate of drug-likeness (QED) is 0.734. The monoisotopic (exact) mass is 191 g/mol. The molecule has 3 heteroatoms. The van der Waals surface area contributed by atoms with Crippen LogP contribution >= 0.6 is 0 Å². The molecule has 0 radical (unpaired) electrons. The maximum Gasteiger partial charge on any atom is 0.229 e. The van der Waals surface area contributed by atoms with Gasteiger partial charge in [-0.15, -0.1) is 0 Å². The van der Waals surface area contributed by atoms with Crippen molar-refractivity contribution in [2.45, 2.75) is 13.3 Å². The standard InChI is InChI=1S/C11H13NO2/c1-8-6-7-12(11(8)14)9-2-4-10(13)5-3-9/h2-5,8,13H,6-7H2,1H3. The van der Waals surface area contributed by atoms with Gasteiger partial charge >= 0.3 is 0 Å². The predicted molar refractivity (Wildman–Crippen MR) is 54.2 cm³/mol. The van der Waals surface area contributed by atoms with Gasteiger partial charge in [0.2, 0.25) is 5.91 Å². The summed E-state index contributed by atoms with van der Waals surface area (Å²) in [4.78, 5) is 13.4. The van der Waals surface area contributed by atoms with Crippen molar-refractivity contribution in [1.82, 2.24) is 0 Å². The molecule has 0 bridgehead atoms. The second kappa shape index (κ2) is 3.33. The number of hydrogen-bond donors (Lipinski definition) is 1. The molecule has 0 spiro atoms. The van der Waals surface area contributed by atoms with E-state index >= 15 is 0 Å². The van der Waals surface area contributed by atoms with Crippen molar-refractivity contribution < 1.29 is 9.90 Å². The Labute approximate surface area is 83.0 Å². The molecule has 1 aliphatic rings. The van der Waals surface area contributed by atoms with Crippen LogP contribution in [0, 0.1) is 5.92 Å². The van der Waals surface area contributed by atoms with Crippen LogP contribution < -0.4 is 4.90 Å². The van der Waals surface area contributed by atoms with Crippen LogP contribution in [0.5, 0.6) is 5.75 Å². The fourth-order valence-electron chi connectivity index (χ4n) is 1.71. The zero-order valence-corrected chi connectivity index (χ0v) is 8.10. The van der Waals surface area contributed by atoms with Crippen molar-refractivity contribution >= 4 is 11.6 Å². The summed E-state index contributed by atoms with van der Waals surface area (Å²) in [5, 5.41) is 9.11. The fraction of sp³-hybridized carbons (Fsp3) is 0.364. The minimum absolute atomic E-state index is 0.129. The normalized spacial score (nSPS) is 21.6. The number of phenolic OH excluding ortho intramolecular Hbond substituents is 1. The maximum atomic E-state index is 11.7. The molecule has 1 aliphatic heterocycles. The van der Waals surface area contributed by atoms with Gasteiger partial charge in [-0.05, 0) is 30.7 Å². The molecule has 1 unspecified atom stereocenters. The molecule has 1 saturated heterocycles. The van der Waals surface area contributed by atoms with Gasteiger partial charge in [-0.2, -0.15) is 0 Å². The minimum atomic E-state index is 0.129. The average molecular weight is 191 g/mol. The molecule has 74 valence electrons. The van der Waals surface area contributed by atoms with E-state index in [0.717, 1.165) is 18.7 Å². The molecule has 1 amide bonds. The van der Waals surface area contributed by atoms with Crippen LogP contribution in [-0.2, 0) is 4.79 Å². The Morgan fingerprint density at radius 1 is 1.36 bits per heavy atom. The summed E-state index contributed by atoms with van der Waals surface area (Å²) in [6.45, 7) is 2.73.